The number of hydrogen-bond acceptors (Lipinski definition) is 6. The molecule has 1 unspecified atom stereocenters. The van der Waals surface area contributed by atoms with Gasteiger partial charge in [0.15, 0.2) is 0 Å². The Bertz CT molecular complexity index is 1470. The van der Waals surface area contributed by atoms with Gasteiger partial charge in [-0.25, -0.2) is 5.01 Å². The molecule has 39 heavy (non-hydrogen) atoms. The quantitative estimate of drug-likeness (QED) is 0.188. The van der Waals surface area contributed by atoms with E-state index in [0.29, 0.717) is 29.2 Å². The van der Waals surface area contributed by atoms with Crippen LogP contribution in [-0.2, 0) is 22.6 Å². The van der Waals surface area contributed by atoms with Crippen LogP contribution in [0.15, 0.2) is 72.0 Å². The van der Waals surface area contributed by atoms with Crippen LogP contribution in [0.1, 0.15) is 33.1 Å². The van der Waals surface area contributed by atoms with Crippen molar-refractivity contribution in [3.05, 3.63) is 94.0 Å². The number of piperazine rings is 1. The number of rotatable bonds is 8. The molecule has 3 amide bonds. The lowest BCUT2D eigenvalue weighted by atomic mass is 9.94. The highest BCUT2D eigenvalue weighted by Gasteiger charge is 2.37. The Morgan fingerprint density at radius 3 is 2.49 bits per heavy atom. The summed E-state index contributed by atoms with van der Waals surface area (Å²) in [5, 5.41) is 12.2. The van der Waals surface area contributed by atoms with Crippen LogP contribution >= 0.6 is 11.6 Å². The first-order chi connectivity index (χ1) is 18.8. The lowest BCUT2D eigenvalue weighted by Crippen LogP contribution is -2.55. The van der Waals surface area contributed by atoms with Crippen LogP contribution in [0.25, 0.3) is 0 Å². The van der Waals surface area contributed by atoms with Gasteiger partial charge in [0.05, 0.1) is 17.4 Å². The third-order valence-electron chi connectivity index (χ3n) is 7.07. The van der Waals surface area contributed by atoms with Crippen molar-refractivity contribution in [1.82, 2.24) is 9.80 Å². The summed E-state index contributed by atoms with van der Waals surface area (Å²) in [4.78, 5) is 44.2. The molecule has 1 atom stereocenters. The number of benzene rings is 3. The van der Waals surface area contributed by atoms with Gasteiger partial charge < -0.3 is 9.80 Å². The van der Waals surface area contributed by atoms with Gasteiger partial charge in [0.25, 0.3) is 5.91 Å². The van der Waals surface area contributed by atoms with Crippen molar-refractivity contribution in [3.63, 3.8) is 0 Å². The number of fused-ring (bicyclic) bond motifs is 1. The lowest BCUT2D eigenvalue weighted by Gasteiger charge is -2.39. The Morgan fingerprint density at radius 2 is 1.77 bits per heavy atom. The summed E-state index contributed by atoms with van der Waals surface area (Å²) in [5.74, 6) is -0.631. The smallest absolute Gasteiger partial charge is 0.254 e. The Hall–Kier alpha value is -4.57. The van der Waals surface area contributed by atoms with E-state index in [1.807, 2.05) is 42.5 Å². The van der Waals surface area contributed by atoms with Gasteiger partial charge in [0, 0.05) is 24.2 Å². The molecule has 3 aromatic rings. The summed E-state index contributed by atoms with van der Waals surface area (Å²) in [6.07, 6.45) is 1.33. The molecule has 0 saturated carbocycles. The molecule has 1 fully saturated rings. The second-order valence-electron chi connectivity index (χ2n) is 9.49. The number of halogens is 1. The van der Waals surface area contributed by atoms with Gasteiger partial charge in [-0.05, 0) is 47.4 Å². The van der Waals surface area contributed by atoms with Crippen LogP contribution in [0.5, 0.6) is 0 Å². The van der Waals surface area contributed by atoms with Crippen LogP contribution in [0.4, 0.5) is 11.4 Å². The predicted molar refractivity (Wildman–Crippen MR) is 147 cm³/mol. The van der Waals surface area contributed by atoms with Crippen molar-refractivity contribution < 1.29 is 14.4 Å². The van der Waals surface area contributed by atoms with Gasteiger partial charge in [-0.1, -0.05) is 59.3 Å². The highest BCUT2D eigenvalue weighted by atomic mass is 35.5. The first-order valence-electron chi connectivity index (χ1n) is 12.3. The van der Waals surface area contributed by atoms with Crippen LogP contribution in [0.2, 0.25) is 5.02 Å². The molecular weight excluding hydrogens is 518 g/mol. The molecule has 198 valence electrons. The molecule has 2 aliphatic heterocycles. The van der Waals surface area contributed by atoms with Crippen molar-refractivity contribution in [2.24, 2.45) is 5.22 Å². The van der Waals surface area contributed by atoms with E-state index < -0.39 is 6.04 Å². The number of carbonyl (C=O) groups is 3. The highest BCUT2D eigenvalue weighted by molar-refractivity contribution is 6.31. The first-order valence-corrected chi connectivity index (χ1v) is 12.7. The van der Waals surface area contributed by atoms with E-state index in [1.54, 1.807) is 35.0 Å². The molecule has 2 aliphatic rings. The molecule has 0 aliphatic carbocycles. The monoisotopic (exact) mass is 543 g/mol. The molecule has 2 heterocycles. The largest absolute Gasteiger partial charge is 0.337 e. The standard InChI is InChI=1S/C28H26ClN7O3/c1-33-14-20-12-19(7-9-22(20)28(33)39)24(11-18-5-3-2-4-6-18)34-15-27(38)35(16-26(34)37)25-13-21(29)8-10-23(25)36(17-30)32-31/h2-10,12-13,17,24,30-31H,11,14-16H2,1H3. The Morgan fingerprint density at radius 1 is 1.00 bits per heavy atom. The molecular formula is C28H26ClN7O3. The Kier molecular flexibility index (Phi) is 7.12. The van der Waals surface area contributed by atoms with Crippen molar-refractivity contribution in [2.75, 3.05) is 30.0 Å². The van der Waals surface area contributed by atoms with E-state index in [0.717, 1.165) is 28.0 Å². The molecule has 1 saturated heterocycles. The predicted octanol–water partition coefficient (Wildman–Crippen LogP) is 4.44. The lowest BCUT2D eigenvalue weighted by molar-refractivity contribution is -0.140. The fourth-order valence-corrected chi connectivity index (χ4v) is 5.30. The molecule has 0 bridgehead atoms. The van der Waals surface area contributed by atoms with E-state index in [1.165, 1.54) is 11.0 Å². The molecule has 3 aromatic carbocycles. The zero-order chi connectivity index (χ0) is 27.7. The summed E-state index contributed by atoms with van der Waals surface area (Å²) >= 11 is 6.21. The summed E-state index contributed by atoms with van der Waals surface area (Å²) in [6.45, 7) is 0.0666. The van der Waals surface area contributed by atoms with E-state index in [2.05, 4.69) is 5.22 Å². The summed E-state index contributed by atoms with van der Waals surface area (Å²) in [6, 6.07) is 19.6. The Balaban J connectivity index is 1.49. The fraction of sp³-hybridized carbons (Fsp3) is 0.214. The van der Waals surface area contributed by atoms with Crippen molar-refractivity contribution in [2.45, 2.75) is 19.0 Å². The minimum absolute atomic E-state index is 0.0354. The van der Waals surface area contributed by atoms with E-state index in [-0.39, 0.29) is 36.5 Å². The van der Waals surface area contributed by atoms with Gasteiger partial charge in [-0.3, -0.25) is 24.7 Å². The van der Waals surface area contributed by atoms with Gasteiger partial charge in [0.2, 0.25) is 11.8 Å². The van der Waals surface area contributed by atoms with Crippen molar-refractivity contribution in [1.29, 1.82) is 10.9 Å². The third kappa shape index (κ3) is 4.98. The zero-order valence-electron chi connectivity index (χ0n) is 21.2. The molecule has 11 heteroatoms. The van der Waals surface area contributed by atoms with Crippen molar-refractivity contribution >= 4 is 47.0 Å². The number of amides is 3. The number of carbonyl (C=O) groups excluding carboxylic acids is 3. The topological polar surface area (TPSA) is 124 Å². The number of anilines is 2. The van der Waals surface area contributed by atoms with Gasteiger partial charge in [0.1, 0.15) is 19.4 Å². The van der Waals surface area contributed by atoms with Crippen LogP contribution in [0.3, 0.4) is 0 Å². The van der Waals surface area contributed by atoms with Gasteiger partial charge in [-0.15, -0.1) is 0 Å². The number of nitrogens with zero attached hydrogens (tertiary/aromatic N) is 5. The second kappa shape index (κ2) is 10.7. The van der Waals surface area contributed by atoms with Crippen LogP contribution in [0, 0.1) is 10.9 Å². The normalized spacial score (nSPS) is 15.8. The molecule has 0 aromatic heterocycles. The van der Waals surface area contributed by atoms with Crippen molar-refractivity contribution in [3.8, 4) is 0 Å². The molecule has 0 spiro atoms. The minimum Gasteiger partial charge on any atom is -0.337 e. The van der Waals surface area contributed by atoms with Gasteiger partial charge >= 0.3 is 0 Å². The maximum atomic E-state index is 13.7. The minimum atomic E-state index is -0.433. The molecule has 5 rings (SSSR count). The highest BCUT2D eigenvalue weighted by Crippen LogP contribution is 2.36. The third-order valence-corrected chi connectivity index (χ3v) is 7.31. The van der Waals surface area contributed by atoms with E-state index >= 15 is 0 Å². The maximum absolute atomic E-state index is 13.7. The average molecular weight is 544 g/mol. The summed E-state index contributed by atoms with van der Waals surface area (Å²) < 4.78 is 0. The van der Waals surface area contributed by atoms with E-state index in [9.17, 15) is 14.4 Å². The summed E-state index contributed by atoms with van der Waals surface area (Å²) in [7, 11) is 1.75. The number of hydrogen-bond donors (Lipinski definition) is 2. The van der Waals surface area contributed by atoms with Gasteiger partial charge in [-0.2, -0.15) is 5.53 Å². The number of nitrogens with one attached hydrogen (secondary N) is 2. The van der Waals surface area contributed by atoms with Crippen LogP contribution in [-0.4, -0.2) is 54.0 Å². The Labute approximate surface area is 230 Å². The maximum Gasteiger partial charge on any atom is 0.254 e. The summed E-state index contributed by atoms with van der Waals surface area (Å²) in [5.41, 5.74) is 11.4. The molecule has 2 N–H and O–H groups in total. The SMILES string of the molecule is CN1Cc2cc(C(Cc3ccccc3)N3CC(=O)N(c4cc(Cl)ccc4N(C=N)N=N)CC3=O)ccc2C1=O. The molecule has 10 nitrogen and oxygen atoms in total. The zero-order valence-corrected chi connectivity index (χ0v) is 21.9. The second-order valence-corrected chi connectivity index (χ2v) is 9.93. The fourth-order valence-electron chi connectivity index (χ4n) is 5.13. The molecule has 0 radical (unpaired) electrons. The first kappa shape index (κ1) is 26.1. The average Bonchev–Trinajstić information content (AvgIpc) is 3.22. The van der Waals surface area contributed by atoms with Crippen LogP contribution < -0.4 is 9.91 Å². The van der Waals surface area contributed by atoms with E-state index in [4.69, 9.17) is 22.5 Å².